The van der Waals surface area contributed by atoms with Crippen LogP contribution in [-0.2, 0) is 4.79 Å². The topological polar surface area (TPSA) is 68.0 Å². The molecule has 0 bridgehead atoms. The van der Waals surface area contributed by atoms with Gasteiger partial charge >= 0.3 is 0 Å². The first-order valence-electron chi connectivity index (χ1n) is 5.82. The first-order valence-corrected chi connectivity index (χ1v) is 5.82. The van der Waals surface area contributed by atoms with Crippen molar-refractivity contribution in [2.45, 2.75) is 31.7 Å². The van der Waals surface area contributed by atoms with Gasteiger partial charge in [-0.25, -0.2) is 4.39 Å². The predicted octanol–water partition coefficient (Wildman–Crippen LogP) is 1.68. The van der Waals surface area contributed by atoms with Crippen molar-refractivity contribution in [2.24, 2.45) is 11.7 Å². The minimum Gasteiger partial charge on any atom is -0.328 e. The third kappa shape index (κ3) is 3.23. The molecular weight excluding hydrogens is 221 g/mol. The maximum absolute atomic E-state index is 12.9. The molecule has 1 aliphatic rings. The Morgan fingerprint density at radius 1 is 1.47 bits per heavy atom. The van der Waals surface area contributed by atoms with E-state index in [0.717, 1.165) is 25.5 Å². The van der Waals surface area contributed by atoms with E-state index in [4.69, 9.17) is 5.73 Å². The molecule has 1 heterocycles. The summed E-state index contributed by atoms with van der Waals surface area (Å²) in [6.45, 7) is 0. The van der Waals surface area contributed by atoms with Crippen molar-refractivity contribution < 1.29 is 9.18 Å². The van der Waals surface area contributed by atoms with E-state index in [0.29, 0.717) is 12.1 Å². The van der Waals surface area contributed by atoms with E-state index in [-0.39, 0.29) is 17.9 Å². The number of nitrogens with two attached hydrogens (primary N) is 1. The van der Waals surface area contributed by atoms with Crippen LogP contribution in [0, 0.1) is 11.7 Å². The van der Waals surface area contributed by atoms with Crippen LogP contribution in [0.5, 0.6) is 0 Å². The fourth-order valence-corrected chi connectivity index (χ4v) is 2.19. The van der Waals surface area contributed by atoms with E-state index in [1.807, 2.05) is 0 Å². The lowest BCUT2D eigenvalue weighted by Gasteiger charge is -2.25. The predicted molar refractivity (Wildman–Crippen MR) is 62.8 cm³/mol. The van der Waals surface area contributed by atoms with E-state index in [9.17, 15) is 9.18 Å². The first-order chi connectivity index (χ1) is 8.15. The van der Waals surface area contributed by atoms with Crippen molar-refractivity contribution in [1.82, 2.24) is 4.98 Å². The Balaban J connectivity index is 1.96. The standard InChI is InChI=1S/C12H16FN3O/c13-9-5-11(7-15-6-9)16-12(17)8-2-1-3-10(14)4-8/h5-8,10H,1-4,14H2,(H,16,17). The van der Waals surface area contributed by atoms with E-state index >= 15 is 0 Å². The number of carbonyl (C=O) groups is 1. The molecule has 0 aliphatic heterocycles. The Bertz CT molecular complexity index is 410. The van der Waals surface area contributed by atoms with Gasteiger partial charge in [-0.05, 0) is 19.3 Å². The highest BCUT2D eigenvalue weighted by Gasteiger charge is 2.25. The zero-order valence-electron chi connectivity index (χ0n) is 9.53. The summed E-state index contributed by atoms with van der Waals surface area (Å²) in [5, 5.41) is 2.68. The summed E-state index contributed by atoms with van der Waals surface area (Å²) in [7, 11) is 0. The van der Waals surface area contributed by atoms with Gasteiger partial charge in [-0.2, -0.15) is 0 Å². The normalized spacial score (nSPS) is 24.4. The first kappa shape index (κ1) is 12.0. The van der Waals surface area contributed by atoms with Crippen LogP contribution in [0.4, 0.5) is 10.1 Å². The van der Waals surface area contributed by atoms with E-state index in [2.05, 4.69) is 10.3 Å². The van der Waals surface area contributed by atoms with Gasteiger partial charge in [-0.15, -0.1) is 0 Å². The molecule has 3 N–H and O–H groups in total. The summed E-state index contributed by atoms with van der Waals surface area (Å²) in [6.07, 6.45) is 6.04. The zero-order valence-corrected chi connectivity index (χ0v) is 9.53. The van der Waals surface area contributed by atoms with Crippen LogP contribution in [0.1, 0.15) is 25.7 Å². The number of hydrogen-bond acceptors (Lipinski definition) is 3. The molecule has 0 spiro atoms. The number of nitrogens with zero attached hydrogens (tertiary/aromatic N) is 1. The molecule has 17 heavy (non-hydrogen) atoms. The number of amides is 1. The number of halogens is 1. The van der Waals surface area contributed by atoms with Gasteiger partial charge in [0.25, 0.3) is 0 Å². The second kappa shape index (κ2) is 5.23. The number of hydrogen-bond donors (Lipinski definition) is 2. The average molecular weight is 237 g/mol. The summed E-state index contributed by atoms with van der Waals surface area (Å²) >= 11 is 0. The summed E-state index contributed by atoms with van der Waals surface area (Å²) in [6, 6.07) is 1.36. The molecule has 4 nitrogen and oxygen atoms in total. The number of rotatable bonds is 2. The fraction of sp³-hybridized carbons (Fsp3) is 0.500. The van der Waals surface area contributed by atoms with Gasteiger partial charge in [0.2, 0.25) is 5.91 Å². The Morgan fingerprint density at radius 2 is 2.29 bits per heavy atom. The Labute approximate surface area is 99.4 Å². The van der Waals surface area contributed by atoms with Crippen molar-refractivity contribution in [1.29, 1.82) is 0 Å². The molecule has 2 rings (SSSR count). The van der Waals surface area contributed by atoms with Gasteiger partial charge in [-0.3, -0.25) is 9.78 Å². The van der Waals surface area contributed by atoms with Crippen molar-refractivity contribution in [3.63, 3.8) is 0 Å². The molecule has 0 radical (unpaired) electrons. The van der Waals surface area contributed by atoms with Gasteiger partial charge in [0.15, 0.2) is 0 Å². The largest absolute Gasteiger partial charge is 0.328 e. The van der Waals surface area contributed by atoms with Crippen LogP contribution < -0.4 is 11.1 Å². The molecule has 1 saturated carbocycles. The van der Waals surface area contributed by atoms with Crippen molar-refractivity contribution in [3.05, 3.63) is 24.3 Å². The Morgan fingerprint density at radius 3 is 3.00 bits per heavy atom. The quantitative estimate of drug-likeness (QED) is 0.822. The molecule has 1 aliphatic carbocycles. The van der Waals surface area contributed by atoms with Crippen molar-refractivity contribution >= 4 is 11.6 Å². The summed E-state index contributed by atoms with van der Waals surface area (Å²) in [4.78, 5) is 15.6. The summed E-state index contributed by atoms with van der Waals surface area (Å²) in [5.74, 6) is -0.613. The van der Waals surface area contributed by atoms with Gasteiger partial charge in [0.05, 0.1) is 18.1 Å². The van der Waals surface area contributed by atoms with Crippen molar-refractivity contribution in [2.75, 3.05) is 5.32 Å². The third-order valence-corrected chi connectivity index (χ3v) is 3.06. The number of anilines is 1. The average Bonchev–Trinajstić information content (AvgIpc) is 2.29. The molecule has 2 atom stereocenters. The van der Waals surface area contributed by atoms with Crippen LogP contribution in [0.2, 0.25) is 0 Å². The van der Waals surface area contributed by atoms with Crippen LogP contribution in [0.25, 0.3) is 0 Å². The molecule has 1 aromatic heterocycles. The van der Waals surface area contributed by atoms with Gasteiger partial charge in [-0.1, -0.05) is 6.42 Å². The Kier molecular flexibility index (Phi) is 3.68. The molecular formula is C12H16FN3O. The summed E-state index contributed by atoms with van der Waals surface area (Å²) < 4.78 is 12.9. The molecule has 2 unspecified atom stereocenters. The van der Waals surface area contributed by atoms with Crippen LogP contribution >= 0.6 is 0 Å². The number of nitrogens with one attached hydrogen (secondary N) is 1. The maximum Gasteiger partial charge on any atom is 0.227 e. The molecule has 92 valence electrons. The summed E-state index contributed by atoms with van der Waals surface area (Å²) in [5.41, 5.74) is 6.23. The second-order valence-electron chi connectivity index (χ2n) is 4.50. The molecule has 1 amide bonds. The molecule has 0 aromatic carbocycles. The maximum atomic E-state index is 12.9. The van der Waals surface area contributed by atoms with Crippen molar-refractivity contribution in [3.8, 4) is 0 Å². The molecule has 5 heteroatoms. The SMILES string of the molecule is NC1CCCC(C(=O)Nc2cncc(F)c2)C1. The van der Waals surface area contributed by atoms with Crippen LogP contribution in [0.3, 0.4) is 0 Å². The van der Waals surface area contributed by atoms with Gasteiger partial charge in [0, 0.05) is 18.0 Å². The van der Waals surface area contributed by atoms with E-state index in [1.54, 1.807) is 0 Å². The van der Waals surface area contributed by atoms with E-state index < -0.39 is 5.82 Å². The highest BCUT2D eigenvalue weighted by Crippen LogP contribution is 2.24. The molecule has 1 fully saturated rings. The number of aromatic nitrogens is 1. The smallest absolute Gasteiger partial charge is 0.227 e. The monoisotopic (exact) mass is 237 g/mol. The lowest BCUT2D eigenvalue weighted by atomic mass is 9.85. The minimum atomic E-state index is -0.455. The number of pyridine rings is 1. The fourth-order valence-electron chi connectivity index (χ4n) is 2.19. The highest BCUT2D eigenvalue weighted by molar-refractivity contribution is 5.92. The van der Waals surface area contributed by atoms with Gasteiger partial charge < -0.3 is 11.1 Å². The zero-order chi connectivity index (χ0) is 12.3. The highest BCUT2D eigenvalue weighted by atomic mass is 19.1. The second-order valence-corrected chi connectivity index (χ2v) is 4.50. The third-order valence-electron chi connectivity index (χ3n) is 3.06. The number of carbonyl (C=O) groups excluding carboxylic acids is 1. The van der Waals surface area contributed by atoms with Crippen LogP contribution in [0.15, 0.2) is 18.5 Å². The lowest BCUT2D eigenvalue weighted by Crippen LogP contribution is -2.34. The molecule has 1 aromatic rings. The minimum absolute atomic E-state index is 0.0676. The molecule has 0 saturated heterocycles. The lowest BCUT2D eigenvalue weighted by molar-refractivity contribution is -0.120. The Hall–Kier alpha value is -1.49. The van der Waals surface area contributed by atoms with E-state index in [1.165, 1.54) is 12.3 Å². The van der Waals surface area contributed by atoms with Crippen LogP contribution in [-0.4, -0.2) is 16.9 Å². The van der Waals surface area contributed by atoms with Gasteiger partial charge in [0.1, 0.15) is 5.82 Å².